The Morgan fingerprint density at radius 3 is 2.84 bits per heavy atom. The number of halogens is 2. The van der Waals surface area contributed by atoms with E-state index in [1.807, 2.05) is 6.07 Å². The Kier molecular flexibility index (Phi) is 4.95. The van der Waals surface area contributed by atoms with E-state index in [4.69, 9.17) is 5.73 Å². The van der Waals surface area contributed by atoms with Gasteiger partial charge in [0.2, 0.25) is 0 Å². The highest BCUT2D eigenvalue weighted by atomic mass is 79.9. The summed E-state index contributed by atoms with van der Waals surface area (Å²) < 4.78 is 13.9. The lowest BCUT2D eigenvalue weighted by Crippen LogP contribution is -2.58. The van der Waals surface area contributed by atoms with E-state index in [1.165, 1.54) is 12.1 Å². The maximum absolute atomic E-state index is 13.1. The molecule has 1 saturated heterocycles. The van der Waals surface area contributed by atoms with Gasteiger partial charge >= 0.3 is 0 Å². The topological polar surface area (TPSA) is 32.5 Å². The fourth-order valence-corrected chi connectivity index (χ4v) is 3.10. The molecular formula is C14H21BrFN3. The van der Waals surface area contributed by atoms with E-state index >= 15 is 0 Å². The van der Waals surface area contributed by atoms with Crippen LogP contribution in [-0.4, -0.2) is 55.6 Å². The lowest BCUT2D eigenvalue weighted by molar-refractivity contribution is 0.0973. The number of rotatable bonds is 3. The Hall–Kier alpha value is -0.490. The van der Waals surface area contributed by atoms with Gasteiger partial charge in [-0.3, -0.25) is 4.90 Å². The minimum atomic E-state index is -0.223. The van der Waals surface area contributed by atoms with E-state index in [0.29, 0.717) is 6.04 Å². The molecule has 1 aliphatic heterocycles. The fourth-order valence-electron chi connectivity index (χ4n) is 2.58. The zero-order valence-corrected chi connectivity index (χ0v) is 13.0. The lowest BCUT2D eigenvalue weighted by atomic mass is 9.97. The molecule has 0 radical (unpaired) electrons. The second kappa shape index (κ2) is 6.31. The molecule has 0 spiro atoms. The van der Waals surface area contributed by atoms with Crippen LogP contribution in [0, 0.1) is 5.82 Å². The SMILES string of the molecule is CN1CCN(C)C(C(N)Cc2ccc(F)cc2Br)C1. The van der Waals surface area contributed by atoms with Crippen LogP contribution in [0.5, 0.6) is 0 Å². The minimum Gasteiger partial charge on any atom is -0.326 e. The van der Waals surface area contributed by atoms with Crippen molar-refractivity contribution in [1.82, 2.24) is 9.80 Å². The molecule has 19 heavy (non-hydrogen) atoms. The summed E-state index contributed by atoms with van der Waals surface area (Å²) in [5.41, 5.74) is 7.42. The lowest BCUT2D eigenvalue weighted by Gasteiger charge is -2.40. The van der Waals surface area contributed by atoms with Crippen LogP contribution in [0.2, 0.25) is 0 Å². The van der Waals surface area contributed by atoms with Gasteiger partial charge in [0.1, 0.15) is 5.82 Å². The molecule has 1 aromatic carbocycles. The van der Waals surface area contributed by atoms with E-state index in [2.05, 4.69) is 39.8 Å². The molecule has 0 bridgehead atoms. The summed E-state index contributed by atoms with van der Waals surface area (Å²) in [6, 6.07) is 5.19. The van der Waals surface area contributed by atoms with Crippen molar-refractivity contribution >= 4 is 15.9 Å². The maximum Gasteiger partial charge on any atom is 0.124 e. The highest BCUT2D eigenvalue weighted by Gasteiger charge is 2.27. The molecule has 2 unspecified atom stereocenters. The Balaban J connectivity index is 2.05. The van der Waals surface area contributed by atoms with Gasteiger partial charge in [-0.1, -0.05) is 22.0 Å². The largest absolute Gasteiger partial charge is 0.326 e. The minimum absolute atomic E-state index is 0.0505. The number of likely N-dealkylation sites (N-methyl/N-ethyl adjacent to an activating group) is 2. The molecular weight excluding hydrogens is 309 g/mol. The van der Waals surface area contributed by atoms with E-state index in [0.717, 1.165) is 36.1 Å². The van der Waals surface area contributed by atoms with Gasteiger partial charge in [0.05, 0.1) is 0 Å². The molecule has 2 rings (SSSR count). The normalized spacial score (nSPS) is 23.5. The summed E-state index contributed by atoms with van der Waals surface area (Å²) in [7, 11) is 4.25. The molecule has 0 amide bonds. The predicted octanol–water partition coefficient (Wildman–Crippen LogP) is 1.70. The summed E-state index contributed by atoms with van der Waals surface area (Å²) in [5.74, 6) is -0.223. The monoisotopic (exact) mass is 329 g/mol. The molecule has 1 fully saturated rings. The van der Waals surface area contributed by atoms with Crippen molar-refractivity contribution in [2.45, 2.75) is 18.5 Å². The standard InChI is InChI=1S/C14H21BrFN3/c1-18-5-6-19(2)14(9-18)13(17)7-10-3-4-11(16)8-12(10)15/h3-4,8,13-14H,5-7,9,17H2,1-2H3. The zero-order valence-electron chi connectivity index (χ0n) is 11.4. The molecule has 0 aliphatic carbocycles. The van der Waals surface area contributed by atoms with Gasteiger partial charge in [0.25, 0.3) is 0 Å². The van der Waals surface area contributed by atoms with Gasteiger partial charge in [0.15, 0.2) is 0 Å². The van der Waals surface area contributed by atoms with E-state index in [1.54, 1.807) is 0 Å². The van der Waals surface area contributed by atoms with Crippen molar-refractivity contribution in [1.29, 1.82) is 0 Å². The number of piperazine rings is 1. The van der Waals surface area contributed by atoms with Crippen LogP contribution in [0.3, 0.4) is 0 Å². The van der Waals surface area contributed by atoms with Crippen molar-refractivity contribution < 1.29 is 4.39 Å². The van der Waals surface area contributed by atoms with Crippen molar-refractivity contribution in [3.8, 4) is 0 Å². The van der Waals surface area contributed by atoms with Gasteiger partial charge in [-0.25, -0.2) is 4.39 Å². The molecule has 0 aromatic heterocycles. The predicted molar refractivity (Wildman–Crippen MR) is 79.7 cm³/mol. The fraction of sp³-hybridized carbons (Fsp3) is 0.571. The molecule has 5 heteroatoms. The summed E-state index contributed by atoms with van der Waals surface area (Å²) in [6.45, 7) is 3.11. The van der Waals surface area contributed by atoms with Crippen LogP contribution in [0.4, 0.5) is 4.39 Å². The second-order valence-electron chi connectivity index (χ2n) is 5.41. The summed E-state index contributed by atoms with van der Waals surface area (Å²) in [5, 5.41) is 0. The van der Waals surface area contributed by atoms with Gasteiger partial charge < -0.3 is 10.6 Å². The highest BCUT2D eigenvalue weighted by molar-refractivity contribution is 9.10. The molecule has 1 aliphatic rings. The summed E-state index contributed by atoms with van der Waals surface area (Å²) >= 11 is 3.41. The first-order valence-electron chi connectivity index (χ1n) is 6.55. The Bertz CT molecular complexity index is 441. The maximum atomic E-state index is 13.1. The third-order valence-corrected chi connectivity index (χ3v) is 4.60. The second-order valence-corrected chi connectivity index (χ2v) is 6.27. The Morgan fingerprint density at radius 2 is 2.16 bits per heavy atom. The van der Waals surface area contributed by atoms with Crippen molar-refractivity contribution in [2.75, 3.05) is 33.7 Å². The van der Waals surface area contributed by atoms with Gasteiger partial charge in [-0.2, -0.15) is 0 Å². The molecule has 106 valence electrons. The molecule has 3 nitrogen and oxygen atoms in total. The molecule has 2 atom stereocenters. The third kappa shape index (κ3) is 3.75. The molecule has 2 N–H and O–H groups in total. The summed E-state index contributed by atoms with van der Waals surface area (Å²) in [6.07, 6.45) is 0.754. The van der Waals surface area contributed by atoms with Crippen LogP contribution < -0.4 is 5.73 Å². The smallest absolute Gasteiger partial charge is 0.124 e. The number of hydrogen-bond acceptors (Lipinski definition) is 3. The third-order valence-electron chi connectivity index (χ3n) is 3.86. The van der Waals surface area contributed by atoms with Crippen LogP contribution >= 0.6 is 15.9 Å². The average Bonchev–Trinajstić information content (AvgIpc) is 2.35. The first-order chi connectivity index (χ1) is 8.97. The van der Waals surface area contributed by atoms with Gasteiger partial charge in [0, 0.05) is 36.2 Å². The Morgan fingerprint density at radius 1 is 1.42 bits per heavy atom. The number of nitrogens with two attached hydrogens (primary N) is 1. The molecule has 0 saturated carbocycles. The zero-order chi connectivity index (χ0) is 14.0. The van der Waals surface area contributed by atoms with Crippen molar-refractivity contribution in [3.05, 3.63) is 34.1 Å². The van der Waals surface area contributed by atoms with Crippen molar-refractivity contribution in [2.24, 2.45) is 5.73 Å². The average molecular weight is 330 g/mol. The first kappa shape index (κ1) is 14.9. The number of hydrogen-bond donors (Lipinski definition) is 1. The van der Waals surface area contributed by atoms with E-state index in [9.17, 15) is 4.39 Å². The van der Waals surface area contributed by atoms with Crippen LogP contribution in [0.25, 0.3) is 0 Å². The number of benzene rings is 1. The van der Waals surface area contributed by atoms with Crippen LogP contribution in [0.1, 0.15) is 5.56 Å². The summed E-state index contributed by atoms with van der Waals surface area (Å²) in [4.78, 5) is 4.63. The van der Waals surface area contributed by atoms with Crippen molar-refractivity contribution in [3.63, 3.8) is 0 Å². The van der Waals surface area contributed by atoms with E-state index in [-0.39, 0.29) is 11.9 Å². The van der Waals surface area contributed by atoms with Crippen LogP contribution in [0.15, 0.2) is 22.7 Å². The molecule has 1 heterocycles. The quantitative estimate of drug-likeness (QED) is 0.916. The molecule has 1 aromatic rings. The first-order valence-corrected chi connectivity index (χ1v) is 7.35. The van der Waals surface area contributed by atoms with Gasteiger partial charge in [-0.15, -0.1) is 0 Å². The number of nitrogens with zero attached hydrogens (tertiary/aromatic N) is 2. The Labute approximate surface area is 122 Å². The van der Waals surface area contributed by atoms with Gasteiger partial charge in [-0.05, 0) is 38.2 Å². The van der Waals surface area contributed by atoms with Crippen LogP contribution in [-0.2, 0) is 6.42 Å². The highest BCUT2D eigenvalue weighted by Crippen LogP contribution is 2.21. The van der Waals surface area contributed by atoms with E-state index < -0.39 is 0 Å².